The van der Waals surface area contributed by atoms with Gasteiger partial charge in [0.25, 0.3) is 0 Å². The van der Waals surface area contributed by atoms with E-state index in [1.54, 1.807) is 0 Å². The summed E-state index contributed by atoms with van der Waals surface area (Å²) in [4.78, 5) is 11.8. The molecule has 0 saturated heterocycles. The van der Waals surface area contributed by atoms with Gasteiger partial charge in [-0.1, -0.05) is 13.8 Å². The number of rotatable bonds is 3. The molecule has 1 saturated carbocycles. The van der Waals surface area contributed by atoms with Crippen LogP contribution < -0.4 is 5.32 Å². The summed E-state index contributed by atoms with van der Waals surface area (Å²) >= 11 is 0. The Morgan fingerprint density at radius 3 is 2.69 bits per heavy atom. The molecule has 86 valence electrons. The molecule has 0 bridgehead atoms. The highest BCUT2D eigenvalue weighted by atomic mass is 16.1. The van der Waals surface area contributed by atoms with E-state index >= 15 is 0 Å². The van der Waals surface area contributed by atoms with Gasteiger partial charge in [-0.3, -0.25) is 4.79 Å². The second-order valence-corrected chi connectivity index (χ2v) is 5.73. The van der Waals surface area contributed by atoms with Gasteiger partial charge in [-0.05, 0) is 30.6 Å². The van der Waals surface area contributed by atoms with Crippen molar-refractivity contribution in [3.63, 3.8) is 0 Å². The van der Waals surface area contributed by atoms with E-state index in [1.165, 1.54) is 12.8 Å². The molecule has 3 nitrogen and oxygen atoms in total. The Labute approximate surface area is 96.5 Å². The lowest BCUT2D eigenvalue weighted by molar-refractivity contribution is -0.117. The number of hydrogen-bond acceptors (Lipinski definition) is 3. The first-order valence-corrected chi connectivity index (χ1v) is 5.92. The van der Waals surface area contributed by atoms with Gasteiger partial charge >= 0.3 is 0 Å². The Balaban J connectivity index is 2.14. The summed E-state index contributed by atoms with van der Waals surface area (Å²) in [5, 5.41) is 12.3. The number of nitrogens with zero attached hydrogens (tertiary/aromatic N) is 1. The van der Waals surface area contributed by atoms with E-state index in [1.807, 2.05) is 0 Å². The Morgan fingerprint density at radius 2 is 2.12 bits per heavy atom. The molecule has 2 aliphatic rings. The van der Waals surface area contributed by atoms with Gasteiger partial charge < -0.3 is 5.32 Å². The first-order valence-electron chi connectivity index (χ1n) is 5.92. The number of ketones is 1. The van der Waals surface area contributed by atoms with Crippen LogP contribution in [0.15, 0.2) is 11.3 Å². The van der Waals surface area contributed by atoms with Crippen LogP contribution in [-0.2, 0) is 4.79 Å². The molecule has 16 heavy (non-hydrogen) atoms. The van der Waals surface area contributed by atoms with Crippen molar-refractivity contribution >= 4 is 5.78 Å². The fraction of sp³-hybridized carbons (Fsp3) is 0.692. The van der Waals surface area contributed by atoms with Crippen molar-refractivity contribution in [2.45, 2.75) is 39.5 Å². The lowest BCUT2D eigenvalue weighted by atomic mass is 9.76. The maximum atomic E-state index is 11.8. The van der Waals surface area contributed by atoms with E-state index < -0.39 is 0 Å². The molecule has 2 aliphatic carbocycles. The first kappa shape index (κ1) is 11.2. The van der Waals surface area contributed by atoms with Gasteiger partial charge in [-0.25, -0.2) is 0 Å². The average Bonchev–Trinajstić information content (AvgIpc) is 2.95. The third-order valence-electron chi connectivity index (χ3n) is 3.29. The van der Waals surface area contributed by atoms with Crippen molar-refractivity contribution in [2.24, 2.45) is 11.3 Å². The monoisotopic (exact) mass is 218 g/mol. The van der Waals surface area contributed by atoms with Crippen LogP contribution in [0.1, 0.15) is 39.5 Å². The van der Waals surface area contributed by atoms with Gasteiger partial charge in [-0.2, -0.15) is 5.26 Å². The highest BCUT2D eigenvalue weighted by Gasteiger charge is 2.33. The maximum absolute atomic E-state index is 11.8. The topological polar surface area (TPSA) is 52.9 Å². The largest absolute Gasteiger partial charge is 0.387 e. The van der Waals surface area contributed by atoms with Crippen molar-refractivity contribution in [1.29, 1.82) is 5.26 Å². The molecule has 0 amide bonds. The molecule has 0 aromatic rings. The highest BCUT2D eigenvalue weighted by Crippen LogP contribution is 2.36. The third kappa shape index (κ3) is 2.44. The van der Waals surface area contributed by atoms with E-state index in [9.17, 15) is 4.79 Å². The lowest BCUT2D eigenvalue weighted by Crippen LogP contribution is -2.31. The van der Waals surface area contributed by atoms with Crippen LogP contribution in [0.3, 0.4) is 0 Å². The molecule has 0 atom stereocenters. The fourth-order valence-corrected chi connectivity index (χ4v) is 2.19. The minimum absolute atomic E-state index is 0.00273. The summed E-state index contributed by atoms with van der Waals surface area (Å²) in [5.41, 5.74) is 1.22. The molecular weight excluding hydrogens is 200 g/mol. The summed E-state index contributed by atoms with van der Waals surface area (Å²) < 4.78 is 0. The Morgan fingerprint density at radius 1 is 1.44 bits per heavy atom. The number of nitriles is 1. The second kappa shape index (κ2) is 3.93. The van der Waals surface area contributed by atoms with Crippen LogP contribution in [0.4, 0.5) is 0 Å². The van der Waals surface area contributed by atoms with Gasteiger partial charge in [0.2, 0.25) is 0 Å². The SMILES string of the molecule is CC1(C)CC(=O)C(C#N)=C(NCC2CC2)C1. The average molecular weight is 218 g/mol. The van der Waals surface area contributed by atoms with Crippen LogP contribution >= 0.6 is 0 Å². The Kier molecular flexibility index (Phi) is 2.75. The van der Waals surface area contributed by atoms with Crippen molar-refractivity contribution in [2.75, 3.05) is 6.54 Å². The van der Waals surface area contributed by atoms with E-state index in [0.717, 1.165) is 24.6 Å². The number of carbonyl (C=O) groups is 1. The molecule has 0 spiro atoms. The van der Waals surface area contributed by atoms with Crippen molar-refractivity contribution in [3.05, 3.63) is 11.3 Å². The predicted octanol–water partition coefficient (Wildman–Crippen LogP) is 2.15. The smallest absolute Gasteiger partial charge is 0.175 e. The predicted molar refractivity (Wildman–Crippen MR) is 61.4 cm³/mol. The van der Waals surface area contributed by atoms with Crippen LogP contribution in [0.2, 0.25) is 0 Å². The van der Waals surface area contributed by atoms with Crippen molar-refractivity contribution < 1.29 is 4.79 Å². The maximum Gasteiger partial charge on any atom is 0.175 e. The minimum Gasteiger partial charge on any atom is -0.387 e. The summed E-state index contributed by atoms with van der Waals surface area (Å²) in [6, 6.07) is 2.05. The fourth-order valence-electron chi connectivity index (χ4n) is 2.19. The zero-order valence-corrected chi connectivity index (χ0v) is 9.97. The van der Waals surface area contributed by atoms with Gasteiger partial charge in [0.05, 0.1) is 0 Å². The van der Waals surface area contributed by atoms with Gasteiger partial charge in [0.1, 0.15) is 11.6 Å². The van der Waals surface area contributed by atoms with Crippen LogP contribution in [0, 0.1) is 22.7 Å². The molecular formula is C13H18N2O. The van der Waals surface area contributed by atoms with Crippen molar-refractivity contribution in [3.8, 4) is 6.07 Å². The molecule has 0 aliphatic heterocycles. The quantitative estimate of drug-likeness (QED) is 0.789. The third-order valence-corrected chi connectivity index (χ3v) is 3.29. The molecule has 0 aromatic heterocycles. The van der Waals surface area contributed by atoms with Gasteiger partial charge in [-0.15, -0.1) is 0 Å². The molecule has 1 fully saturated rings. The molecule has 0 aromatic carbocycles. The summed E-state index contributed by atoms with van der Waals surface area (Å²) in [5.74, 6) is 0.754. The summed E-state index contributed by atoms with van der Waals surface area (Å²) in [7, 11) is 0. The van der Waals surface area contributed by atoms with Crippen LogP contribution in [-0.4, -0.2) is 12.3 Å². The second-order valence-electron chi connectivity index (χ2n) is 5.73. The van der Waals surface area contributed by atoms with Gasteiger partial charge in [0, 0.05) is 18.7 Å². The van der Waals surface area contributed by atoms with Crippen LogP contribution in [0.25, 0.3) is 0 Å². The molecule has 0 unspecified atom stereocenters. The number of carbonyl (C=O) groups excluding carboxylic acids is 1. The molecule has 0 heterocycles. The number of nitrogens with one attached hydrogen (secondary N) is 1. The Hall–Kier alpha value is -1.30. The Bertz CT molecular complexity index is 383. The zero-order chi connectivity index (χ0) is 11.8. The molecule has 0 radical (unpaired) electrons. The number of allylic oxidation sites excluding steroid dienone is 2. The normalized spacial score (nSPS) is 24.2. The molecule has 2 rings (SSSR count). The van der Waals surface area contributed by atoms with E-state index in [0.29, 0.717) is 12.0 Å². The summed E-state index contributed by atoms with van der Waals surface area (Å²) in [6.07, 6.45) is 3.86. The number of Topliss-reactive ketones (excluding diaryl/α,β-unsaturated/α-hetero) is 1. The molecule has 1 N–H and O–H groups in total. The van der Waals surface area contributed by atoms with Crippen LogP contribution in [0.5, 0.6) is 0 Å². The lowest BCUT2D eigenvalue weighted by Gasteiger charge is -2.30. The zero-order valence-electron chi connectivity index (χ0n) is 9.97. The standard InChI is InChI=1S/C13H18N2O/c1-13(2)5-11(15-8-9-3-4-9)10(7-14)12(16)6-13/h9,15H,3-6,8H2,1-2H3. The van der Waals surface area contributed by atoms with E-state index in [-0.39, 0.29) is 11.2 Å². The first-order chi connectivity index (χ1) is 7.52. The van der Waals surface area contributed by atoms with E-state index in [4.69, 9.17) is 5.26 Å². The summed E-state index contributed by atoms with van der Waals surface area (Å²) in [6.45, 7) is 5.08. The van der Waals surface area contributed by atoms with Crippen molar-refractivity contribution in [1.82, 2.24) is 5.32 Å². The van der Waals surface area contributed by atoms with Gasteiger partial charge in [0.15, 0.2) is 5.78 Å². The number of hydrogen-bond donors (Lipinski definition) is 1. The van der Waals surface area contributed by atoms with E-state index in [2.05, 4.69) is 25.2 Å². The minimum atomic E-state index is -0.0106. The molecule has 3 heteroatoms. The highest BCUT2D eigenvalue weighted by molar-refractivity contribution is 6.01.